The van der Waals surface area contributed by atoms with Crippen LogP contribution in [-0.4, -0.2) is 23.6 Å². The highest BCUT2D eigenvalue weighted by molar-refractivity contribution is 5.64. The Labute approximate surface area is 113 Å². The van der Waals surface area contributed by atoms with Gasteiger partial charge in [0.2, 0.25) is 5.95 Å². The Bertz CT molecular complexity index is 594. The maximum Gasteiger partial charge on any atom is 0.232 e. The SMILES string of the molecule is CNc1cc(C)nc(N2CCCc3ccccc32)n1. The third kappa shape index (κ3) is 2.26. The topological polar surface area (TPSA) is 41.1 Å². The van der Waals surface area contributed by atoms with Gasteiger partial charge in [-0.05, 0) is 31.4 Å². The Morgan fingerprint density at radius 1 is 1.21 bits per heavy atom. The molecule has 1 aromatic carbocycles. The summed E-state index contributed by atoms with van der Waals surface area (Å²) < 4.78 is 0. The summed E-state index contributed by atoms with van der Waals surface area (Å²) in [6.07, 6.45) is 2.28. The quantitative estimate of drug-likeness (QED) is 0.894. The molecule has 1 aliphatic heterocycles. The van der Waals surface area contributed by atoms with E-state index in [4.69, 9.17) is 0 Å². The first kappa shape index (κ1) is 12.0. The molecule has 0 amide bonds. The van der Waals surface area contributed by atoms with E-state index in [0.29, 0.717) is 0 Å². The minimum absolute atomic E-state index is 0.788. The monoisotopic (exact) mass is 254 g/mol. The molecule has 0 unspecified atom stereocenters. The lowest BCUT2D eigenvalue weighted by molar-refractivity contribution is 0.749. The van der Waals surface area contributed by atoms with E-state index in [-0.39, 0.29) is 0 Å². The first-order chi connectivity index (χ1) is 9.28. The minimum Gasteiger partial charge on any atom is -0.373 e. The van der Waals surface area contributed by atoms with Crippen LogP contribution in [0.2, 0.25) is 0 Å². The molecular weight excluding hydrogens is 236 g/mol. The van der Waals surface area contributed by atoms with Gasteiger partial charge in [-0.3, -0.25) is 0 Å². The smallest absolute Gasteiger partial charge is 0.232 e. The van der Waals surface area contributed by atoms with Crippen LogP contribution in [0.5, 0.6) is 0 Å². The summed E-state index contributed by atoms with van der Waals surface area (Å²) in [6, 6.07) is 10.5. The van der Waals surface area contributed by atoms with Crippen molar-refractivity contribution in [2.45, 2.75) is 19.8 Å². The largest absolute Gasteiger partial charge is 0.373 e. The van der Waals surface area contributed by atoms with Crippen molar-refractivity contribution in [3.05, 3.63) is 41.6 Å². The van der Waals surface area contributed by atoms with E-state index >= 15 is 0 Å². The number of anilines is 3. The van der Waals surface area contributed by atoms with Crippen molar-refractivity contribution in [2.24, 2.45) is 0 Å². The fourth-order valence-corrected chi connectivity index (χ4v) is 2.54. The second-order valence-corrected chi connectivity index (χ2v) is 4.83. The standard InChI is InChI=1S/C15H18N4/c1-11-10-14(16-2)18-15(17-11)19-9-5-7-12-6-3-4-8-13(12)19/h3-4,6,8,10H,5,7,9H2,1-2H3,(H,16,17,18). The van der Waals surface area contributed by atoms with Crippen LogP contribution in [0.15, 0.2) is 30.3 Å². The van der Waals surface area contributed by atoms with E-state index in [1.165, 1.54) is 11.3 Å². The van der Waals surface area contributed by atoms with E-state index in [1.807, 2.05) is 20.0 Å². The molecule has 1 aliphatic rings. The minimum atomic E-state index is 0.788. The third-order valence-electron chi connectivity index (χ3n) is 3.45. The second kappa shape index (κ2) is 4.88. The van der Waals surface area contributed by atoms with Gasteiger partial charge in [0.25, 0.3) is 0 Å². The zero-order valence-corrected chi connectivity index (χ0v) is 11.3. The number of benzene rings is 1. The number of nitrogens with zero attached hydrogens (tertiary/aromatic N) is 3. The van der Waals surface area contributed by atoms with Gasteiger partial charge < -0.3 is 10.2 Å². The van der Waals surface area contributed by atoms with Crippen molar-refractivity contribution < 1.29 is 0 Å². The van der Waals surface area contributed by atoms with Crippen molar-refractivity contribution in [3.8, 4) is 0 Å². The van der Waals surface area contributed by atoms with Crippen LogP contribution in [-0.2, 0) is 6.42 Å². The molecule has 0 spiro atoms. The van der Waals surface area contributed by atoms with Crippen molar-refractivity contribution in [1.82, 2.24) is 9.97 Å². The Kier molecular flexibility index (Phi) is 3.07. The van der Waals surface area contributed by atoms with E-state index in [9.17, 15) is 0 Å². The fraction of sp³-hybridized carbons (Fsp3) is 0.333. The molecule has 4 heteroatoms. The predicted molar refractivity (Wildman–Crippen MR) is 78.1 cm³/mol. The van der Waals surface area contributed by atoms with Crippen LogP contribution in [0.1, 0.15) is 17.7 Å². The number of rotatable bonds is 2. The summed E-state index contributed by atoms with van der Waals surface area (Å²) in [4.78, 5) is 11.4. The number of fused-ring (bicyclic) bond motifs is 1. The molecule has 2 heterocycles. The fourth-order valence-electron chi connectivity index (χ4n) is 2.54. The first-order valence-electron chi connectivity index (χ1n) is 6.67. The summed E-state index contributed by atoms with van der Waals surface area (Å²) in [5, 5.41) is 3.09. The number of aromatic nitrogens is 2. The number of aryl methyl sites for hydroxylation is 2. The van der Waals surface area contributed by atoms with Gasteiger partial charge in [0.15, 0.2) is 0 Å². The van der Waals surface area contributed by atoms with E-state index in [0.717, 1.165) is 36.8 Å². The lowest BCUT2D eigenvalue weighted by Crippen LogP contribution is -2.26. The maximum atomic E-state index is 4.58. The molecule has 3 rings (SSSR count). The van der Waals surface area contributed by atoms with Crippen LogP contribution in [0.25, 0.3) is 0 Å². The normalized spacial score (nSPS) is 14.1. The van der Waals surface area contributed by atoms with Gasteiger partial charge in [-0.25, -0.2) is 4.98 Å². The second-order valence-electron chi connectivity index (χ2n) is 4.83. The molecule has 0 fully saturated rings. The molecule has 4 nitrogen and oxygen atoms in total. The predicted octanol–water partition coefficient (Wildman–Crippen LogP) is 2.91. The van der Waals surface area contributed by atoms with Crippen molar-refractivity contribution in [2.75, 3.05) is 23.8 Å². The van der Waals surface area contributed by atoms with Gasteiger partial charge in [-0.15, -0.1) is 0 Å². The third-order valence-corrected chi connectivity index (χ3v) is 3.45. The Hall–Kier alpha value is -2.10. The molecule has 0 bridgehead atoms. The molecular formula is C15H18N4. The molecule has 19 heavy (non-hydrogen) atoms. The number of hydrogen-bond acceptors (Lipinski definition) is 4. The summed E-state index contributed by atoms with van der Waals surface area (Å²) in [5.74, 6) is 1.65. The molecule has 1 N–H and O–H groups in total. The van der Waals surface area contributed by atoms with Gasteiger partial charge in [-0.2, -0.15) is 4.98 Å². The first-order valence-corrected chi connectivity index (χ1v) is 6.67. The van der Waals surface area contributed by atoms with Crippen molar-refractivity contribution in [3.63, 3.8) is 0 Å². The summed E-state index contributed by atoms with van der Waals surface area (Å²) in [7, 11) is 1.88. The molecule has 0 radical (unpaired) electrons. The number of para-hydroxylation sites is 1. The molecule has 2 aromatic rings. The average molecular weight is 254 g/mol. The Balaban J connectivity index is 2.06. The van der Waals surface area contributed by atoms with Crippen LogP contribution in [0.3, 0.4) is 0 Å². The highest BCUT2D eigenvalue weighted by Crippen LogP contribution is 2.31. The van der Waals surface area contributed by atoms with Crippen LogP contribution < -0.4 is 10.2 Å². The van der Waals surface area contributed by atoms with Crippen molar-refractivity contribution >= 4 is 17.5 Å². The van der Waals surface area contributed by atoms with Gasteiger partial charge >= 0.3 is 0 Å². The van der Waals surface area contributed by atoms with Gasteiger partial charge in [0, 0.05) is 31.0 Å². The Morgan fingerprint density at radius 3 is 2.89 bits per heavy atom. The van der Waals surface area contributed by atoms with Gasteiger partial charge in [0.1, 0.15) is 5.82 Å². The van der Waals surface area contributed by atoms with Crippen LogP contribution >= 0.6 is 0 Å². The molecule has 0 saturated carbocycles. The zero-order chi connectivity index (χ0) is 13.2. The van der Waals surface area contributed by atoms with Gasteiger partial charge in [0.05, 0.1) is 0 Å². The van der Waals surface area contributed by atoms with Crippen molar-refractivity contribution in [1.29, 1.82) is 0 Å². The molecule has 1 aromatic heterocycles. The van der Waals surface area contributed by atoms with E-state index in [2.05, 4.69) is 44.5 Å². The number of nitrogens with one attached hydrogen (secondary N) is 1. The lowest BCUT2D eigenvalue weighted by atomic mass is 10.0. The Morgan fingerprint density at radius 2 is 2.05 bits per heavy atom. The highest BCUT2D eigenvalue weighted by atomic mass is 15.3. The van der Waals surface area contributed by atoms with Crippen LogP contribution in [0, 0.1) is 6.92 Å². The molecule has 0 atom stereocenters. The van der Waals surface area contributed by atoms with Crippen LogP contribution in [0.4, 0.5) is 17.5 Å². The summed E-state index contributed by atoms with van der Waals surface area (Å²) >= 11 is 0. The lowest BCUT2D eigenvalue weighted by Gasteiger charge is -2.29. The van der Waals surface area contributed by atoms with Gasteiger partial charge in [-0.1, -0.05) is 18.2 Å². The maximum absolute atomic E-state index is 4.58. The summed E-state index contributed by atoms with van der Waals surface area (Å²) in [5.41, 5.74) is 3.60. The molecule has 0 saturated heterocycles. The average Bonchev–Trinajstić information content (AvgIpc) is 2.46. The van der Waals surface area contributed by atoms with E-state index in [1.54, 1.807) is 0 Å². The summed E-state index contributed by atoms with van der Waals surface area (Å²) in [6.45, 7) is 2.98. The molecule has 98 valence electrons. The zero-order valence-electron chi connectivity index (χ0n) is 11.3. The number of hydrogen-bond donors (Lipinski definition) is 1. The molecule has 0 aliphatic carbocycles. The van der Waals surface area contributed by atoms with E-state index < -0.39 is 0 Å². The highest BCUT2D eigenvalue weighted by Gasteiger charge is 2.20.